The number of piperidine rings is 1. The van der Waals surface area contributed by atoms with E-state index in [4.69, 9.17) is 0 Å². The van der Waals surface area contributed by atoms with Crippen LogP contribution in [-0.4, -0.2) is 63.6 Å². The number of thiophene rings is 1. The van der Waals surface area contributed by atoms with E-state index in [-0.39, 0.29) is 9.77 Å². The molecule has 2 aliphatic rings. The zero-order chi connectivity index (χ0) is 17.9. The number of hydrogen-bond acceptors (Lipinski definition) is 7. The highest BCUT2D eigenvalue weighted by Crippen LogP contribution is 2.27. The first-order valence-electron chi connectivity index (χ1n) is 8.48. The van der Waals surface area contributed by atoms with Gasteiger partial charge in [-0.2, -0.15) is 11.8 Å². The molecule has 0 aliphatic carbocycles. The van der Waals surface area contributed by atoms with Crippen LogP contribution in [0.5, 0.6) is 0 Å². The van der Waals surface area contributed by atoms with Crippen LogP contribution in [0.15, 0.2) is 16.3 Å². The van der Waals surface area contributed by atoms with E-state index in [0.717, 1.165) is 37.3 Å². The molecule has 140 valence electrons. The van der Waals surface area contributed by atoms with Gasteiger partial charge in [0, 0.05) is 18.3 Å². The minimum Gasteiger partial charge on any atom is -0.465 e. The fraction of sp³-hybridized carbons (Fsp3) is 0.688. The molecule has 3 rings (SSSR count). The number of esters is 1. The zero-order valence-electron chi connectivity index (χ0n) is 14.3. The lowest BCUT2D eigenvalue weighted by atomic mass is 9.96. The van der Waals surface area contributed by atoms with Crippen molar-refractivity contribution >= 4 is 39.1 Å². The Hall–Kier alpha value is -0.610. The minimum absolute atomic E-state index is 0.0183. The highest BCUT2D eigenvalue weighted by atomic mass is 32.2. The zero-order valence-corrected chi connectivity index (χ0v) is 16.7. The number of likely N-dealkylation sites (tertiary alicyclic amines) is 1. The molecule has 2 saturated heterocycles. The molecule has 0 spiro atoms. The molecule has 1 N–H and O–H groups in total. The summed E-state index contributed by atoms with van der Waals surface area (Å²) in [6, 6.07) is 2.16. The maximum absolute atomic E-state index is 12.5. The van der Waals surface area contributed by atoms with Gasteiger partial charge in [0.25, 0.3) is 0 Å². The number of thioether (sulfide) groups is 1. The second kappa shape index (κ2) is 8.39. The number of ether oxygens (including phenoxy) is 1. The summed E-state index contributed by atoms with van der Waals surface area (Å²) < 4.78 is 32.4. The molecular weight excluding hydrogens is 380 g/mol. The first-order chi connectivity index (χ1) is 12.0. The van der Waals surface area contributed by atoms with E-state index in [1.807, 2.05) is 11.8 Å². The van der Waals surface area contributed by atoms with Crippen molar-refractivity contribution in [2.45, 2.75) is 30.2 Å². The molecule has 0 saturated carbocycles. The number of methoxy groups -OCH3 is 1. The molecule has 0 amide bonds. The summed E-state index contributed by atoms with van der Waals surface area (Å²) in [5.41, 5.74) is 0. The molecule has 6 nitrogen and oxygen atoms in total. The normalized spacial score (nSPS) is 23.0. The van der Waals surface area contributed by atoms with E-state index in [2.05, 4.69) is 14.4 Å². The molecule has 25 heavy (non-hydrogen) atoms. The summed E-state index contributed by atoms with van der Waals surface area (Å²) in [6.07, 6.45) is 3.30. The maximum Gasteiger partial charge on any atom is 0.349 e. The van der Waals surface area contributed by atoms with E-state index in [9.17, 15) is 13.2 Å². The monoisotopic (exact) mass is 404 g/mol. The Bertz CT molecular complexity index is 690. The average molecular weight is 405 g/mol. The predicted octanol–water partition coefficient (Wildman–Crippen LogP) is 2.03. The van der Waals surface area contributed by atoms with Crippen molar-refractivity contribution in [1.82, 2.24) is 9.62 Å². The standard InChI is InChI=1S/C16H24N2O4S3/c1-22-16(19)15-14(5-9-24-15)25(20,21)17-10-12-2-6-18(7-3-12)13-4-8-23-11-13/h5,9,12-13,17H,2-4,6-8,10-11H2,1H3. The van der Waals surface area contributed by atoms with Crippen LogP contribution in [0, 0.1) is 5.92 Å². The molecule has 1 atom stereocenters. The lowest BCUT2D eigenvalue weighted by molar-refractivity contribution is 0.0602. The topological polar surface area (TPSA) is 75.7 Å². The van der Waals surface area contributed by atoms with Gasteiger partial charge >= 0.3 is 5.97 Å². The van der Waals surface area contributed by atoms with Gasteiger partial charge in [0.2, 0.25) is 10.0 Å². The number of carbonyl (C=O) groups is 1. The van der Waals surface area contributed by atoms with Crippen molar-refractivity contribution in [3.63, 3.8) is 0 Å². The summed E-state index contributed by atoms with van der Waals surface area (Å²) in [5, 5.41) is 1.60. The van der Waals surface area contributed by atoms with Gasteiger partial charge in [-0.15, -0.1) is 11.3 Å². The van der Waals surface area contributed by atoms with E-state index < -0.39 is 16.0 Å². The lowest BCUT2D eigenvalue weighted by Crippen LogP contribution is -2.43. The molecule has 1 aromatic rings. The summed E-state index contributed by atoms with van der Waals surface area (Å²) in [5.74, 6) is 2.22. The quantitative estimate of drug-likeness (QED) is 0.731. The van der Waals surface area contributed by atoms with Crippen LogP contribution in [0.2, 0.25) is 0 Å². The number of rotatable bonds is 6. The van der Waals surface area contributed by atoms with Crippen LogP contribution in [0.1, 0.15) is 28.9 Å². The fourth-order valence-electron chi connectivity index (χ4n) is 3.39. The first kappa shape index (κ1) is 19.2. The Labute approximate surface area is 157 Å². The predicted molar refractivity (Wildman–Crippen MR) is 101 cm³/mol. The van der Waals surface area contributed by atoms with Gasteiger partial charge in [0.1, 0.15) is 9.77 Å². The number of nitrogens with one attached hydrogen (secondary N) is 1. The van der Waals surface area contributed by atoms with Gasteiger partial charge < -0.3 is 4.74 Å². The van der Waals surface area contributed by atoms with Crippen LogP contribution < -0.4 is 4.72 Å². The van der Waals surface area contributed by atoms with E-state index in [0.29, 0.717) is 18.5 Å². The number of nitrogens with zero attached hydrogens (tertiary/aromatic N) is 1. The van der Waals surface area contributed by atoms with Gasteiger partial charge in [-0.05, 0) is 55.5 Å². The average Bonchev–Trinajstić information content (AvgIpc) is 3.31. The number of hydrogen-bond donors (Lipinski definition) is 1. The van der Waals surface area contributed by atoms with Crippen molar-refractivity contribution in [3.8, 4) is 0 Å². The van der Waals surface area contributed by atoms with E-state index in [1.165, 1.54) is 31.1 Å². The molecule has 0 bridgehead atoms. The molecule has 2 aliphatic heterocycles. The molecule has 0 radical (unpaired) electrons. The number of sulfonamides is 1. The largest absolute Gasteiger partial charge is 0.465 e. The second-order valence-corrected chi connectivity index (χ2v) is 10.3. The van der Waals surface area contributed by atoms with Crippen molar-refractivity contribution in [2.24, 2.45) is 5.92 Å². The maximum atomic E-state index is 12.5. The highest BCUT2D eigenvalue weighted by Gasteiger charge is 2.29. The smallest absolute Gasteiger partial charge is 0.349 e. The van der Waals surface area contributed by atoms with Gasteiger partial charge in [-0.1, -0.05) is 0 Å². The van der Waals surface area contributed by atoms with Gasteiger partial charge in [0.15, 0.2) is 0 Å². The van der Waals surface area contributed by atoms with Crippen LogP contribution in [0.4, 0.5) is 0 Å². The van der Waals surface area contributed by atoms with Gasteiger partial charge in [0.05, 0.1) is 7.11 Å². The Morgan fingerprint density at radius 2 is 2.12 bits per heavy atom. The van der Waals surface area contributed by atoms with Crippen LogP contribution in [-0.2, 0) is 14.8 Å². The molecule has 2 fully saturated rings. The third kappa shape index (κ3) is 4.57. The van der Waals surface area contributed by atoms with E-state index >= 15 is 0 Å². The summed E-state index contributed by atoms with van der Waals surface area (Å²) >= 11 is 3.11. The van der Waals surface area contributed by atoms with Crippen LogP contribution >= 0.6 is 23.1 Å². The second-order valence-electron chi connectivity index (χ2n) is 6.45. The summed E-state index contributed by atoms with van der Waals surface area (Å²) in [7, 11) is -2.44. The van der Waals surface area contributed by atoms with Crippen molar-refractivity contribution in [1.29, 1.82) is 0 Å². The van der Waals surface area contributed by atoms with Crippen LogP contribution in [0.3, 0.4) is 0 Å². The first-order valence-corrected chi connectivity index (χ1v) is 12.0. The third-order valence-electron chi connectivity index (χ3n) is 4.92. The molecule has 3 heterocycles. The molecule has 9 heteroatoms. The van der Waals surface area contributed by atoms with Gasteiger partial charge in [-0.25, -0.2) is 17.9 Å². The molecule has 1 unspecified atom stereocenters. The van der Waals surface area contributed by atoms with Crippen molar-refractivity contribution in [2.75, 3.05) is 38.2 Å². The van der Waals surface area contributed by atoms with Crippen molar-refractivity contribution < 1.29 is 17.9 Å². The lowest BCUT2D eigenvalue weighted by Gasteiger charge is -2.35. The molecule has 1 aromatic heterocycles. The summed E-state index contributed by atoms with van der Waals surface area (Å²) in [6.45, 7) is 2.51. The van der Waals surface area contributed by atoms with Crippen molar-refractivity contribution in [3.05, 3.63) is 16.3 Å². The SMILES string of the molecule is COC(=O)c1sccc1S(=O)(=O)NCC1CCN(C2CCSC2)CC1. The molecule has 0 aromatic carbocycles. The highest BCUT2D eigenvalue weighted by molar-refractivity contribution is 7.99. The Morgan fingerprint density at radius 1 is 1.36 bits per heavy atom. The van der Waals surface area contributed by atoms with Crippen LogP contribution in [0.25, 0.3) is 0 Å². The Balaban J connectivity index is 1.53. The Kier molecular flexibility index (Phi) is 6.43. The van der Waals surface area contributed by atoms with Gasteiger partial charge in [-0.3, -0.25) is 4.90 Å². The fourth-order valence-corrected chi connectivity index (χ4v) is 7.09. The summed E-state index contributed by atoms with van der Waals surface area (Å²) in [4.78, 5) is 14.4. The minimum atomic E-state index is -3.69. The number of carbonyl (C=O) groups excluding carboxylic acids is 1. The van der Waals surface area contributed by atoms with E-state index in [1.54, 1.807) is 5.38 Å². The Morgan fingerprint density at radius 3 is 2.76 bits per heavy atom. The third-order valence-corrected chi connectivity index (χ3v) is 8.56. The molecular formula is C16H24N2O4S3.